The molecule has 0 amide bonds. The second kappa shape index (κ2) is 8.69. The first-order chi connectivity index (χ1) is 12.7. The molecule has 0 spiro atoms. The molecule has 0 radical (unpaired) electrons. The molecule has 152 valence electrons. The summed E-state index contributed by atoms with van der Waals surface area (Å²) in [7, 11) is -1.66. The van der Waals surface area contributed by atoms with Gasteiger partial charge in [-0.05, 0) is 61.0 Å². The lowest BCUT2D eigenvalue weighted by molar-refractivity contribution is 0.202. The third-order valence-electron chi connectivity index (χ3n) is 7.28. The molecule has 1 aliphatic carbocycles. The van der Waals surface area contributed by atoms with Gasteiger partial charge in [0.1, 0.15) is 0 Å². The van der Waals surface area contributed by atoms with Gasteiger partial charge >= 0.3 is 0 Å². The van der Waals surface area contributed by atoms with Crippen molar-refractivity contribution in [3.8, 4) is 0 Å². The summed E-state index contributed by atoms with van der Waals surface area (Å²) in [6.07, 6.45) is 11.5. The zero-order valence-electron chi connectivity index (χ0n) is 18.4. The van der Waals surface area contributed by atoms with Gasteiger partial charge in [0, 0.05) is 18.8 Å². The number of rotatable bonds is 6. The zero-order chi connectivity index (χ0) is 19.5. The van der Waals surface area contributed by atoms with Crippen LogP contribution in [-0.4, -0.2) is 27.5 Å². The summed E-state index contributed by atoms with van der Waals surface area (Å²) in [5, 5.41) is 0.292. The maximum absolute atomic E-state index is 6.64. The second-order valence-electron chi connectivity index (χ2n) is 10.4. The Labute approximate surface area is 168 Å². The summed E-state index contributed by atoms with van der Waals surface area (Å²) in [5.74, 6) is 0.977. The van der Waals surface area contributed by atoms with Gasteiger partial charge in [0.05, 0.1) is 6.10 Å². The fourth-order valence-corrected chi connectivity index (χ4v) is 5.75. The molecule has 1 aromatic carbocycles. The standard InChI is InChI=1S/C24H41NOSi/c1-24(2,3)27(4,5)26-23-17-18-25(19-23)22-15-13-21(14-16-22)12-11-20-9-7-6-8-10-20/h13-16,20,23H,6-12,17-19H2,1-5H3. The van der Waals surface area contributed by atoms with Gasteiger partial charge in [-0.15, -0.1) is 0 Å². The molecule has 1 aromatic rings. The van der Waals surface area contributed by atoms with Gasteiger partial charge in [-0.1, -0.05) is 65.0 Å². The molecule has 0 aromatic heterocycles. The Kier molecular flexibility index (Phi) is 6.73. The van der Waals surface area contributed by atoms with Crippen molar-refractivity contribution in [1.82, 2.24) is 0 Å². The number of hydrogen-bond donors (Lipinski definition) is 0. The number of hydrogen-bond acceptors (Lipinski definition) is 2. The lowest BCUT2D eigenvalue weighted by Crippen LogP contribution is -2.44. The van der Waals surface area contributed by atoms with Crippen molar-refractivity contribution in [2.24, 2.45) is 5.92 Å². The average molecular weight is 388 g/mol. The van der Waals surface area contributed by atoms with Crippen LogP contribution in [0.3, 0.4) is 0 Å². The number of anilines is 1. The third kappa shape index (κ3) is 5.60. The van der Waals surface area contributed by atoms with Crippen LogP contribution >= 0.6 is 0 Å². The summed E-state index contributed by atoms with van der Waals surface area (Å²) >= 11 is 0. The van der Waals surface area contributed by atoms with E-state index in [0.29, 0.717) is 11.1 Å². The molecule has 2 nitrogen and oxygen atoms in total. The van der Waals surface area contributed by atoms with E-state index in [1.165, 1.54) is 56.2 Å². The van der Waals surface area contributed by atoms with E-state index in [-0.39, 0.29) is 0 Å². The molecule has 3 rings (SSSR count). The second-order valence-corrected chi connectivity index (χ2v) is 15.2. The van der Waals surface area contributed by atoms with Crippen molar-refractivity contribution in [2.75, 3.05) is 18.0 Å². The van der Waals surface area contributed by atoms with Gasteiger partial charge in [-0.25, -0.2) is 0 Å². The minimum Gasteiger partial charge on any atom is -0.412 e. The van der Waals surface area contributed by atoms with Gasteiger partial charge < -0.3 is 9.33 Å². The smallest absolute Gasteiger partial charge is 0.192 e. The molecule has 1 aliphatic heterocycles. The predicted octanol–water partition coefficient (Wildman–Crippen LogP) is 6.80. The van der Waals surface area contributed by atoms with Crippen LogP contribution < -0.4 is 4.90 Å². The average Bonchev–Trinajstić information content (AvgIpc) is 3.08. The number of nitrogens with zero attached hydrogens (tertiary/aromatic N) is 1. The van der Waals surface area contributed by atoms with Crippen molar-refractivity contribution in [3.63, 3.8) is 0 Å². The first-order valence-electron chi connectivity index (χ1n) is 11.3. The highest BCUT2D eigenvalue weighted by Gasteiger charge is 2.40. The van der Waals surface area contributed by atoms with E-state index in [9.17, 15) is 0 Å². The minimum atomic E-state index is -1.66. The van der Waals surface area contributed by atoms with Crippen molar-refractivity contribution in [1.29, 1.82) is 0 Å². The van der Waals surface area contributed by atoms with Gasteiger partial charge in [0.15, 0.2) is 8.32 Å². The topological polar surface area (TPSA) is 12.5 Å². The molecule has 2 aliphatic rings. The molecule has 0 N–H and O–H groups in total. The Morgan fingerprint density at radius 1 is 1.00 bits per heavy atom. The Bertz CT molecular complexity index is 583. The van der Waals surface area contributed by atoms with Gasteiger partial charge in [0.2, 0.25) is 0 Å². The van der Waals surface area contributed by atoms with Crippen molar-refractivity contribution in [2.45, 2.75) is 96.4 Å². The Balaban J connectivity index is 1.49. The highest BCUT2D eigenvalue weighted by molar-refractivity contribution is 6.74. The van der Waals surface area contributed by atoms with E-state index in [2.05, 4.69) is 63.0 Å². The van der Waals surface area contributed by atoms with Crippen LogP contribution in [0, 0.1) is 5.92 Å². The van der Waals surface area contributed by atoms with Crippen molar-refractivity contribution >= 4 is 14.0 Å². The molecule has 1 saturated carbocycles. The molecule has 1 saturated heterocycles. The van der Waals surface area contributed by atoms with Crippen molar-refractivity contribution < 1.29 is 4.43 Å². The fraction of sp³-hybridized carbons (Fsp3) is 0.750. The predicted molar refractivity (Wildman–Crippen MR) is 120 cm³/mol. The highest BCUT2D eigenvalue weighted by Crippen LogP contribution is 2.38. The third-order valence-corrected chi connectivity index (χ3v) is 11.8. The van der Waals surface area contributed by atoms with Crippen LogP contribution in [0.4, 0.5) is 5.69 Å². The van der Waals surface area contributed by atoms with E-state index in [0.717, 1.165) is 25.4 Å². The highest BCUT2D eigenvalue weighted by atomic mass is 28.4. The maximum atomic E-state index is 6.64. The van der Waals surface area contributed by atoms with Crippen LogP contribution in [-0.2, 0) is 10.8 Å². The monoisotopic (exact) mass is 387 g/mol. The largest absolute Gasteiger partial charge is 0.412 e. The van der Waals surface area contributed by atoms with Crippen LogP contribution in [0.5, 0.6) is 0 Å². The number of benzene rings is 1. The summed E-state index contributed by atoms with van der Waals surface area (Å²) < 4.78 is 6.64. The number of aryl methyl sites for hydroxylation is 1. The lowest BCUT2D eigenvalue weighted by Gasteiger charge is -2.38. The molecular weight excluding hydrogens is 346 g/mol. The summed E-state index contributed by atoms with van der Waals surface area (Å²) in [4.78, 5) is 2.52. The summed E-state index contributed by atoms with van der Waals surface area (Å²) in [6, 6.07) is 9.40. The maximum Gasteiger partial charge on any atom is 0.192 e. The van der Waals surface area contributed by atoms with Crippen molar-refractivity contribution in [3.05, 3.63) is 29.8 Å². The Hall–Kier alpha value is -0.803. The molecule has 2 fully saturated rings. The van der Waals surface area contributed by atoms with Crippen LogP contribution in [0.25, 0.3) is 0 Å². The lowest BCUT2D eigenvalue weighted by atomic mass is 9.85. The Morgan fingerprint density at radius 2 is 1.67 bits per heavy atom. The van der Waals surface area contributed by atoms with E-state index in [4.69, 9.17) is 4.43 Å². The first kappa shape index (κ1) is 20.9. The molecule has 1 unspecified atom stereocenters. The van der Waals surface area contributed by atoms with Gasteiger partial charge in [-0.2, -0.15) is 0 Å². The quantitative estimate of drug-likeness (QED) is 0.498. The van der Waals surface area contributed by atoms with Crippen LogP contribution in [0.2, 0.25) is 18.1 Å². The van der Waals surface area contributed by atoms with E-state index >= 15 is 0 Å². The molecular formula is C24H41NOSi. The fourth-order valence-electron chi connectivity index (χ4n) is 4.37. The first-order valence-corrected chi connectivity index (χ1v) is 14.2. The molecule has 3 heteroatoms. The molecule has 0 bridgehead atoms. The molecule has 1 heterocycles. The zero-order valence-corrected chi connectivity index (χ0v) is 19.4. The van der Waals surface area contributed by atoms with E-state index in [1.54, 1.807) is 0 Å². The minimum absolute atomic E-state index is 0.292. The van der Waals surface area contributed by atoms with Gasteiger partial charge in [-0.3, -0.25) is 0 Å². The van der Waals surface area contributed by atoms with Crippen LogP contribution in [0.15, 0.2) is 24.3 Å². The van der Waals surface area contributed by atoms with Gasteiger partial charge in [0.25, 0.3) is 0 Å². The molecule has 27 heavy (non-hydrogen) atoms. The summed E-state index contributed by atoms with van der Waals surface area (Å²) in [6.45, 7) is 13.9. The van der Waals surface area contributed by atoms with E-state index < -0.39 is 8.32 Å². The normalized spacial score (nSPS) is 22.4. The Morgan fingerprint density at radius 3 is 2.30 bits per heavy atom. The summed E-state index contributed by atoms with van der Waals surface area (Å²) in [5.41, 5.74) is 2.88. The SMILES string of the molecule is CC(C)(C)[Si](C)(C)OC1CCN(c2ccc(CCC3CCCCC3)cc2)C1. The molecule has 1 atom stereocenters. The van der Waals surface area contributed by atoms with E-state index in [1.807, 2.05) is 0 Å². The van der Waals surface area contributed by atoms with Crippen LogP contribution in [0.1, 0.15) is 71.3 Å².